The van der Waals surface area contributed by atoms with Gasteiger partial charge in [0.25, 0.3) is 15.7 Å². The van der Waals surface area contributed by atoms with Crippen LogP contribution in [0.1, 0.15) is 6.92 Å². The van der Waals surface area contributed by atoms with Crippen molar-refractivity contribution < 1.29 is 26.5 Å². The summed E-state index contributed by atoms with van der Waals surface area (Å²) >= 11 is 0. The van der Waals surface area contributed by atoms with E-state index in [1.807, 2.05) is 0 Å². The molecular weight excluding hydrogens is 410 g/mol. The van der Waals surface area contributed by atoms with Crippen molar-refractivity contribution in [1.29, 1.82) is 0 Å². The molecule has 0 aliphatic carbocycles. The van der Waals surface area contributed by atoms with Crippen molar-refractivity contribution in [2.24, 2.45) is 0 Å². The maximum Gasteiger partial charge on any atom is 0.297 e. The zero-order chi connectivity index (χ0) is 21.1. The van der Waals surface area contributed by atoms with E-state index in [2.05, 4.69) is 4.72 Å². The molecule has 0 amide bonds. The van der Waals surface area contributed by atoms with Gasteiger partial charge in [-0.3, -0.25) is 14.8 Å². The number of rotatable bonds is 8. The van der Waals surface area contributed by atoms with Crippen molar-refractivity contribution in [3.63, 3.8) is 0 Å². The lowest BCUT2D eigenvalue weighted by Crippen LogP contribution is -2.22. The lowest BCUT2D eigenvalue weighted by atomic mass is 10.2. The summed E-state index contributed by atoms with van der Waals surface area (Å²) in [4.78, 5) is 10.2. The zero-order valence-corrected chi connectivity index (χ0v) is 17.0. The Balaban J connectivity index is 2.38. The summed E-state index contributed by atoms with van der Waals surface area (Å²) in [6, 6.07) is 8.27. The smallest absolute Gasteiger partial charge is 0.297 e. The third-order valence-corrected chi connectivity index (χ3v) is 6.84. The predicted octanol–water partition coefficient (Wildman–Crippen LogP) is 2.04. The minimum absolute atomic E-state index is 0.0801. The fourth-order valence-corrected chi connectivity index (χ4v) is 4.19. The molecule has 28 heavy (non-hydrogen) atoms. The maximum atomic E-state index is 12.6. The van der Waals surface area contributed by atoms with E-state index in [0.29, 0.717) is 6.61 Å². The van der Waals surface area contributed by atoms with Gasteiger partial charge in [0.05, 0.1) is 27.4 Å². The van der Waals surface area contributed by atoms with E-state index < -0.39 is 30.7 Å². The van der Waals surface area contributed by atoms with Crippen LogP contribution in [-0.2, 0) is 20.0 Å². The Morgan fingerprint density at radius 3 is 2.11 bits per heavy atom. The van der Waals surface area contributed by atoms with E-state index in [-0.39, 0.29) is 21.2 Å². The Morgan fingerprint density at radius 1 is 1.04 bits per heavy atom. The second kappa shape index (κ2) is 8.12. The molecule has 0 heterocycles. The molecule has 0 atom stereocenters. The number of anilines is 1. The van der Waals surface area contributed by atoms with Crippen LogP contribution in [-0.4, -0.2) is 46.8 Å². The van der Waals surface area contributed by atoms with Gasteiger partial charge in [0.2, 0.25) is 10.0 Å². The highest BCUT2D eigenvalue weighted by molar-refractivity contribution is 7.92. The number of nitrogens with one attached hydrogen (secondary N) is 1. The SMILES string of the molecule is CCOc1ccc(NS(=O)(=O)c2ccc(S(=O)(=O)N(C)C)cc2)c([N+](=O)[O-])c1. The molecule has 2 rings (SSSR count). The van der Waals surface area contributed by atoms with E-state index >= 15 is 0 Å². The lowest BCUT2D eigenvalue weighted by Gasteiger charge is -2.13. The first-order valence-corrected chi connectivity index (χ1v) is 10.9. The Morgan fingerprint density at radius 2 is 1.61 bits per heavy atom. The number of nitro benzene ring substituents is 1. The largest absolute Gasteiger partial charge is 0.494 e. The van der Waals surface area contributed by atoms with Crippen LogP contribution in [0.2, 0.25) is 0 Å². The molecule has 2 aromatic carbocycles. The number of sulfonamides is 2. The van der Waals surface area contributed by atoms with Gasteiger partial charge in [-0.1, -0.05) is 0 Å². The van der Waals surface area contributed by atoms with E-state index in [0.717, 1.165) is 34.6 Å². The molecule has 0 bridgehead atoms. The molecule has 0 radical (unpaired) electrons. The van der Waals surface area contributed by atoms with Gasteiger partial charge >= 0.3 is 0 Å². The number of hydrogen-bond acceptors (Lipinski definition) is 7. The highest BCUT2D eigenvalue weighted by atomic mass is 32.2. The normalized spacial score (nSPS) is 12.0. The fraction of sp³-hybridized carbons (Fsp3) is 0.250. The van der Waals surface area contributed by atoms with Crippen LogP contribution in [0.25, 0.3) is 0 Å². The first-order chi connectivity index (χ1) is 13.0. The van der Waals surface area contributed by atoms with Crippen LogP contribution in [0.4, 0.5) is 11.4 Å². The minimum atomic E-state index is -4.18. The second-order valence-electron chi connectivity index (χ2n) is 5.73. The number of hydrogen-bond donors (Lipinski definition) is 1. The lowest BCUT2D eigenvalue weighted by molar-refractivity contribution is -0.384. The summed E-state index contributed by atoms with van der Waals surface area (Å²) < 4.78 is 57.6. The molecule has 0 aliphatic heterocycles. The van der Waals surface area contributed by atoms with Crippen LogP contribution in [0.5, 0.6) is 5.75 Å². The molecule has 0 spiro atoms. The van der Waals surface area contributed by atoms with Gasteiger partial charge in [-0.05, 0) is 43.3 Å². The molecule has 1 N–H and O–H groups in total. The Hall–Kier alpha value is -2.70. The van der Waals surface area contributed by atoms with Gasteiger partial charge in [-0.15, -0.1) is 0 Å². The third kappa shape index (κ3) is 4.58. The Kier molecular flexibility index (Phi) is 6.27. The summed E-state index contributed by atoms with van der Waals surface area (Å²) in [7, 11) is -5.18. The van der Waals surface area contributed by atoms with Crippen LogP contribution in [0.15, 0.2) is 52.3 Å². The van der Waals surface area contributed by atoms with Gasteiger partial charge in [0, 0.05) is 14.1 Å². The molecular formula is C16H19N3O7S2. The summed E-state index contributed by atoms with van der Waals surface area (Å²) in [5, 5.41) is 11.3. The molecule has 152 valence electrons. The molecule has 12 heteroatoms. The van der Waals surface area contributed by atoms with E-state index in [9.17, 15) is 26.9 Å². The van der Waals surface area contributed by atoms with Crippen molar-refractivity contribution in [3.05, 3.63) is 52.6 Å². The summed E-state index contributed by atoms with van der Waals surface area (Å²) in [5.74, 6) is 0.232. The molecule has 0 saturated heterocycles. The highest BCUT2D eigenvalue weighted by Crippen LogP contribution is 2.31. The van der Waals surface area contributed by atoms with Crippen LogP contribution >= 0.6 is 0 Å². The molecule has 2 aromatic rings. The zero-order valence-electron chi connectivity index (χ0n) is 15.3. The van der Waals surface area contributed by atoms with Crippen LogP contribution in [0.3, 0.4) is 0 Å². The third-order valence-electron chi connectivity index (χ3n) is 3.63. The van der Waals surface area contributed by atoms with Crippen molar-refractivity contribution in [2.75, 3.05) is 25.4 Å². The van der Waals surface area contributed by atoms with Gasteiger partial charge in [0.1, 0.15) is 11.4 Å². The average Bonchev–Trinajstić information content (AvgIpc) is 2.62. The first kappa shape index (κ1) is 21.6. The highest BCUT2D eigenvalue weighted by Gasteiger charge is 2.23. The number of nitro groups is 1. The van der Waals surface area contributed by atoms with E-state index in [4.69, 9.17) is 4.74 Å². The van der Waals surface area contributed by atoms with E-state index in [1.165, 1.54) is 26.2 Å². The van der Waals surface area contributed by atoms with Crippen LogP contribution < -0.4 is 9.46 Å². The Labute approximate surface area is 163 Å². The van der Waals surface area contributed by atoms with Crippen molar-refractivity contribution in [2.45, 2.75) is 16.7 Å². The minimum Gasteiger partial charge on any atom is -0.494 e. The monoisotopic (exact) mass is 429 g/mol. The topological polar surface area (TPSA) is 136 Å². The molecule has 0 unspecified atom stereocenters. The van der Waals surface area contributed by atoms with Gasteiger partial charge < -0.3 is 4.74 Å². The van der Waals surface area contributed by atoms with Crippen molar-refractivity contribution >= 4 is 31.4 Å². The molecule has 0 aliphatic rings. The quantitative estimate of drug-likeness (QED) is 0.501. The first-order valence-electron chi connectivity index (χ1n) is 7.95. The van der Waals surface area contributed by atoms with Gasteiger partial charge in [-0.2, -0.15) is 0 Å². The van der Waals surface area contributed by atoms with E-state index in [1.54, 1.807) is 6.92 Å². The number of nitrogens with zero attached hydrogens (tertiary/aromatic N) is 2. The summed E-state index contributed by atoms with van der Waals surface area (Å²) in [6.45, 7) is 2.01. The number of ether oxygens (including phenoxy) is 1. The molecule has 0 fully saturated rings. The van der Waals surface area contributed by atoms with Crippen molar-refractivity contribution in [3.8, 4) is 5.75 Å². The second-order valence-corrected chi connectivity index (χ2v) is 9.57. The van der Waals surface area contributed by atoms with Gasteiger partial charge in [-0.25, -0.2) is 21.1 Å². The summed E-state index contributed by atoms with van der Waals surface area (Å²) in [6.07, 6.45) is 0. The summed E-state index contributed by atoms with van der Waals surface area (Å²) in [5.41, 5.74) is -0.709. The van der Waals surface area contributed by atoms with Crippen LogP contribution in [0, 0.1) is 10.1 Å². The molecule has 0 aromatic heterocycles. The standard InChI is InChI=1S/C16H19N3O7S2/c1-4-26-12-5-10-15(16(11-12)19(20)21)17-27(22,23)13-6-8-14(9-7-13)28(24,25)18(2)3/h5-11,17H,4H2,1-3H3. The number of benzene rings is 2. The maximum absolute atomic E-state index is 12.6. The van der Waals surface area contributed by atoms with Gasteiger partial charge in [0.15, 0.2) is 0 Å². The Bertz CT molecular complexity index is 1080. The predicted molar refractivity (Wildman–Crippen MR) is 102 cm³/mol. The van der Waals surface area contributed by atoms with Crippen molar-refractivity contribution in [1.82, 2.24) is 4.31 Å². The molecule has 10 nitrogen and oxygen atoms in total. The molecule has 0 saturated carbocycles. The average molecular weight is 429 g/mol. The fourth-order valence-electron chi connectivity index (χ4n) is 2.21.